The quantitative estimate of drug-likeness (QED) is 0.600. The number of sulfonamides is 1. The standard InChI is InChI=1S/C19H17Cl2N5O4S/c20-14-2-4-17(26-12-22-11-23-26)16(10-14)24-19(27)13-1-3-15(21)18(9-13)31(28,29)25-5-7-30-8-6-25/h1-4,9-12H,5-8H2,(H,24,27). The van der Waals surface area contributed by atoms with Gasteiger partial charge in [0.25, 0.3) is 5.91 Å². The molecule has 0 atom stereocenters. The van der Waals surface area contributed by atoms with Gasteiger partial charge in [-0.3, -0.25) is 4.79 Å². The number of anilines is 1. The van der Waals surface area contributed by atoms with Gasteiger partial charge in [-0.05, 0) is 36.4 Å². The van der Waals surface area contributed by atoms with E-state index < -0.39 is 15.9 Å². The van der Waals surface area contributed by atoms with Gasteiger partial charge in [0.1, 0.15) is 17.6 Å². The van der Waals surface area contributed by atoms with Crippen molar-refractivity contribution in [2.45, 2.75) is 4.90 Å². The summed E-state index contributed by atoms with van der Waals surface area (Å²) in [6.07, 6.45) is 2.84. The van der Waals surface area contributed by atoms with Crippen LogP contribution in [0.3, 0.4) is 0 Å². The van der Waals surface area contributed by atoms with Gasteiger partial charge in [-0.15, -0.1) is 0 Å². The number of hydrogen-bond acceptors (Lipinski definition) is 6. The van der Waals surface area contributed by atoms with Crippen LogP contribution in [0.25, 0.3) is 5.69 Å². The fourth-order valence-corrected chi connectivity index (χ4v) is 5.18. The van der Waals surface area contributed by atoms with Crippen molar-refractivity contribution in [3.8, 4) is 5.69 Å². The van der Waals surface area contributed by atoms with E-state index in [2.05, 4.69) is 15.4 Å². The molecule has 2 heterocycles. The first kappa shape index (κ1) is 21.7. The highest BCUT2D eigenvalue weighted by Crippen LogP contribution is 2.28. The van der Waals surface area contributed by atoms with Gasteiger partial charge in [-0.1, -0.05) is 23.2 Å². The van der Waals surface area contributed by atoms with Crippen molar-refractivity contribution in [1.29, 1.82) is 0 Å². The van der Waals surface area contributed by atoms with Crippen LogP contribution in [-0.4, -0.2) is 59.7 Å². The fraction of sp³-hybridized carbons (Fsp3) is 0.211. The number of hydrogen-bond donors (Lipinski definition) is 1. The molecule has 1 amide bonds. The third kappa shape index (κ3) is 4.58. The molecule has 3 aromatic rings. The molecule has 1 aliphatic heterocycles. The maximum atomic E-state index is 13.0. The smallest absolute Gasteiger partial charge is 0.255 e. The zero-order chi connectivity index (χ0) is 22.0. The maximum Gasteiger partial charge on any atom is 0.255 e. The molecular weight excluding hydrogens is 465 g/mol. The molecule has 1 saturated heterocycles. The summed E-state index contributed by atoms with van der Waals surface area (Å²) in [6, 6.07) is 9.02. The summed E-state index contributed by atoms with van der Waals surface area (Å²) in [5.41, 5.74) is 1.06. The van der Waals surface area contributed by atoms with Crippen molar-refractivity contribution >= 4 is 44.8 Å². The lowest BCUT2D eigenvalue weighted by Gasteiger charge is -2.26. The average Bonchev–Trinajstić information content (AvgIpc) is 3.29. The fourth-order valence-electron chi connectivity index (χ4n) is 3.10. The Morgan fingerprint density at radius 3 is 2.58 bits per heavy atom. The van der Waals surface area contributed by atoms with E-state index in [9.17, 15) is 13.2 Å². The second-order valence-electron chi connectivity index (χ2n) is 6.62. The molecule has 0 spiro atoms. The predicted octanol–water partition coefficient (Wildman–Crippen LogP) is 2.85. The molecule has 1 N–H and O–H groups in total. The number of amides is 1. The molecule has 2 aromatic carbocycles. The highest BCUT2D eigenvalue weighted by molar-refractivity contribution is 7.89. The van der Waals surface area contributed by atoms with Crippen LogP contribution in [0.2, 0.25) is 10.0 Å². The topological polar surface area (TPSA) is 106 Å². The summed E-state index contributed by atoms with van der Waals surface area (Å²) in [5.74, 6) is -0.529. The number of rotatable bonds is 5. The number of aromatic nitrogens is 3. The van der Waals surface area contributed by atoms with Crippen molar-refractivity contribution in [3.05, 3.63) is 64.7 Å². The minimum atomic E-state index is -3.87. The van der Waals surface area contributed by atoms with E-state index in [0.717, 1.165) is 0 Å². The average molecular weight is 482 g/mol. The molecule has 9 nitrogen and oxygen atoms in total. The molecular formula is C19H17Cl2N5O4S. The Hall–Kier alpha value is -2.50. The normalized spacial score (nSPS) is 15.0. The van der Waals surface area contributed by atoms with Gasteiger partial charge in [-0.25, -0.2) is 18.1 Å². The number of halogens is 2. The van der Waals surface area contributed by atoms with Gasteiger partial charge >= 0.3 is 0 Å². The van der Waals surface area contributed by atoms with Crippen LogP contribution in [0.5, 0.6) is 0 Å². The van der Waals surface area contributed by atoms with Gasteiger partial charge < -0.3 is 10.1 Å². The van der Waals surface area contributed by atoms with Crippen LogP contribution in [-0.2, 0) is 14.8 Å². The van der Waals surface area contributed by atoms with E-state index >= 15 is 0 Å². The summed E-state index contributed by atoms with van der Waals surface area (Å²) >= 11 is 12.3. The Kier molecular flexibility index (Phi) is 6.26. The van der Waals surface area contributed by atoms with Crippen LogP contribution in [0.4, 0.5) is 5.69 Å². The molecule has 0 radical (unpaired) electrons. The molecule has 0 aliphatic carbocycles. The Morgan fingerprint density at radius 1 is 1.10 bits per heavy atom. The molecule has 4 rings (SSSR count). The predicted molar refractivity (Wildman–Crippen MR) is 115 cm³/mol. The van der Waals surface area contributed by atoms with Crippen molar-refractivity contribution in [2.24, 2.45) is 0 Å². The highest BCUT2D eigenvalue weighted by Gasteiger charge is 2.29. The molecule has 162 valence electrons. The number of nitrogens with zero attached hydrogens (tertiary/aromatic N) is 4. The molecule has 0 saturated carbocycles. The molecule has 31 heavy (non-hydrogen) atoms. The molecule has 1 aliphatic rings. The Balaban J connectivity index is 1.65. The summed E-state index contributed by atoms with van der Waals surface area (Å²) in [5, 5.41) is 7.26. The van der Waals surface area contributed by atoms with Crippen molar-refractivity contribution in [1.82, 2.24) is 19.1 Å². The number of benzene rings is 2. The first-order valence-electron chi connectivity index (χ1n) is 9.19. The lowest BCUT2D eigenvalue weighted by atomic mass is 10.2. The van der Waals surface area contributed by atoms with Crippen LogP contribution >= 0.6 is 23.2 Å². The monoisotopic (exact) mass is 481 g/mol. The first-order valence-corrected chi connectivity index (χ1v) is 11.4. The van der Waals surface area contributed by atoms with E-state index in [0.29, 0.717) is 29.6 Å². The first-order chi connectivity index (χ1) is 14.9. The molecule has 12 heteroatoms. The lowest BCUT2D eigenvalue weighted by molar-refractivity contribution is 0.0730. The second kappa shape index (κ2) is 8.93. The summed E-state index contributed by atoms with van der Waals surface area (Å²) in [4.78, 5) is 16.7. The SMILES string of the molecule is O=C(Nc1cc(Cl)ccc1-n1cncn1)c1ccc(Cl)c(S(=O)(=O)N2CCOCC2)c1. The van der Waals surface area contributed by atoms with E-state index in [1.54, 1.807) is 18.2 Å². The molecule has 1 fully saturated rings. The van der Waals surface area contributed by atoms with Gasteiger partial charge in [0, 0.05) is 23.7 Å². The Morgan fingerprint density at radius 2 is 1.87 bits per heavy atom. The Labute approximate surface area is 188 Å². The zero-order valence-corrected chi connectivity index (χ0v) is 18.4. The van der Waals surface area contributed by atoms with E-state index in [4.69, 9.17) is 27.9 Å². The van der Waals surface area contributed by atoms with Crippen molar-refractivity contribution < 1.29 is 17.9 Å². The van der Waals surface area contributed by atoms with Gasteiger partial charge in [0.05, 0.1) is 29.6 Å². The third-order valence-corrected chi connectivity index (χ3v) is 7.27. The molecule has 1 aromatic heterocycles. The van der Waals surface area contributed by atoms with Crippen LogP contribution in [0, 0.1) is 0 Å². The zero-order valence-electron chi connectivity index (χ0n) is 16.0. The molecule has 0 unspecified atom stereocenters. The number of morpholine rings is 1. The van der Waals surface area contributed by atoms with E-state index in [1.165, 1.54) is 39.8 Å². The minimum absolute atomic E-state index is 0.0362. The Bertz CT molecular complexity index is 1210. The van der Waals surface area contributed by atoms with E-state index in [1.807, 2.05) is 0 Å². The number of carbonyl (C=O) groups excluding carboxylic acids is 1. The maximum absolute atomic E-state index is 13.0. The van der Waals surface area contributed by atoms with Crippen LogP contribution in [0.15, 0.2) is 53.9 Å². The summed E-state index contributed by atoms with van der Waals surface area (Å²) in [7, 11) is -3.87. The summed E-state index contributed by atoms with van der Waals surface area (Å²) < 4.78 is 34.0. The lowest BCUT2D eigenvalue weighted by Crippen LogP contribution is -2.40. The van der Waals surface area contributed by atoms with Crippen molar-refractivity contribution in [2.75, 3.05) is 31.6 Å². The van der Waals surface area contributed by atoms with E-state index in [-0.39, 0.29) is 28.6 Å². The van der Waals surface area contributed by atoms with Gasteiger partial charge in [0.15, 0.2) is 0 Å². The van der Waals surface area contributed by atoms with Crippen LogP contribution in [0.1, 0.15) is 10.4 Å². The largest absolute Gasteiger partial charge is 0.379 e. The van der Waals surface area contributed by atoms with Gasteiger partial charge in [0.2, 0.25) is 10.0 Å². The number of carbonyl (C=O) groups is 1. The molecule has 0 bridgehead atoms. The second-order valence-corrected chi connectivity index (χ2v) is 9.37. The number of nitrogens with one attached hydrogen (secondary N) is 1. The van der Waals surface area contributed by atoms with Gasteiger partial charge in [-0.2, -0.15) is 9.40 Å². The third-order valence-electron chi connectivity index (χ3n) is 4.65. The van der Waals surface area contributed by atoms with Crippen LogP contribution < -0.4 is 5.32 Å². The van der Waals surface area contributed by atoms with Crippen molar-refractivity contribution in [3.63, 3.8) is 0 Å². The number of ether oxygens (including phenoxy) is 1. The summed E-state index contributed by atoms with van der Waals surface area (Å²) in [6.45, 7) is 1.05. The highest BCUT2D eigenvalue weighted by atomic mass is 35.5. The minimum Gasteiger partial charge on any atom is -0.379 e.